The summed E-state index contributed by atoms with van der Waals surface area (Å²) in [6, 6.07) is 0.739. The van der Waals surface area contributed by atoms with Gasteiger partial charge in [0.05, 0.1) is 6.10 Å². The van der Waals surface area contributed by atoms with Crippen LogP contribution in [0.5, 0.6) is 0 Å². The zero-order valence-electron chi connectivity index (χ0n) is 6.27. The second-order valence-corrected chi connectivity index (χ2v) is 3.36. The Hall–Kier alpha value is 0.650. The summed E-state index contributed by atoms with van der Waals surface area (Å²) >= 11 is 2.01. The van der Waals surface area contributed by atoms with E-state index in [1.54, 1.807) is 0 Å². The van der Waals surface area contributed by atoms with Crippen LogP contribution < -0.4 is 5.32 Å². The fraction of sp³-hybridized carbons (Fsp3) is 1.00. The van der Waals surface area contributed by atoms with E-state index in [-0.39, 0.29) is 0 Å². The molecule has 0 amide bonds. The average Bonchev–Trinajstić information content (AvgIpc) is 2.05. The first-order valence-corrected chi connectivity index (χ1v) is 4.69. The lowest BCUT2D eigenvalue weighted by Crippen LogP contribution is -2.31. The van der Waals surface area contributed by atoms with Crippen LogP contribution in [0.4, 0.5) is 0 Å². The number of hydrogen-bond donors (Lipinski definition) is 1. The molecule has 0 unspecified atom stereocenters. The van der Waals surface area contributed by atoms with Crippen molar-refractivity contribution in [1.82, 2.24) is 5.32 Å². The Balaban J connectivity index is 2.17. The summed E-state index contributed by atoms with van der Waals surface area (Å²) in [6.45, 7) is 0. The summed E-state index contributed by atoms with van der Waals surface area (Å²) in [5, 5.41) is 3.29. The van der Waals surface area contributed by atoms with Gasteiger partial charge in [0.25, 0.3) is 0 Å². The molecule has 1 aliphatic carbocycles. The van der Waals surface area contributed by atoms with Crippen molar-refractivity contribution in [3.63, 3.8) is 0 Å². The van der Waals surface area contributed by atoms with E-state index in [0.717, 1.165) is 6.04 Å². The highest BCUT2D eigenvalue weighted by Crippen LogP contribution is 2.22. The molecule has 0 aromatic rings. The molecule has 0 radical (unpaired) electrons. The molecule has 1 aliphatic rings. The topological polar surface area (TPSA) is 21.3 Å². The smallest absolute Gasteiger partial charge is 0.110 e. The number of rotatable bonds is 2. The normalized spacial score (nSPS) is 34.2. The third kappa shape index (κ3) is 2.36. The predicted octanol–water partition coefficient (Wildman–Crippen LogP) is 1.88. The molecule has 0 atom stereocenters. The molecule has 0 bridgehead atoms. The lowest BCUT2D eigenvalue weighted by atomic mass is 9.93. The van der Waals surface area contributed by atoms with E-state index < -0.39 is 0 Å². The van der Waals surface area contributed by atoms with Gasteiger partial charge in [0, 0.05) is 6.04 Å². The van der Waals surface area contributed by atoms with E-state index >= 15 is 0 Å². The highest BCUT2D eigenvalue weighted by molar-refractivity contribution is 14.1. The lowest BCUT2D eigenvalue weighted by Gasteiger charge is -2.26. The molecule has 60 valence electrons. The van der Waals surface area contributed by atoms with Gasteiger partial charge in [-0.3, -0.25) is 0 Å². The van der Waals surface area contributed by atoms with Crippen molar-refractivity contribution in [2.75, 3.05) is 7.05 Å². The van der Waals surface area contributed by atoms with Crippen molar-refractivity contribution in [3.05, 3.63) is 0 Å². The van der Waals surface area contributed by atoms with Crippen LogP contribution in [-0.2, 0) is 3.07 Å². The molecule has 0 saturated heterocycles. The second kappa shape index (κ2) is 4.51. The zero-order valence-corrected chi connectivity index (χ0v) is 8.43. The maximum atomic E-state index is 5.23. The van der Waals surface area contributed by atoms with E-state index in [1.165, 1.54) is 25.7 Å². The predicted molar refractivity (Wildman–Crippen MR) is 50.2 cm³/mol. The maximum absolute atomic E-state index is 5.23. The summed E-state index contributed by atoms with van der Waals surface area (Å²) in [5.74, 6) is 0. The molecule has 0 spiro atoms. The van der Waals surface area contributed by atoms with E-state index in [4.69, 9.17) is 3.07 Å². The molecule has 10 heavy (non-hydrogen) atoms. The number of halogens is 1. The van der Waals surface area contributed by atoms with Gasteiger partial charge in [-0.25, -0.2) is 0 Å². The summed E-state index contributed by atoms with van der Waals surface area (Å²) in [6.07, 6.45) is 5.49. The summed E-state index contributed by atoms with van der Waals surface area (Å²) in [4.78, 5) is 0. The number of nitrogens with one attached hydrogen (secondary N) is 1. The van der Waals surface area contributed by atoms with Crippen molar-refractivity contribution in [1.29, 1.82) is 0 Å². The minimum absolute atomic E-state index is 0.519. The molecule has 1 N–H and O–H groups in total. The zero-order chi connectivity index (χ0) is 7.40. The minimum atomic E-state index is 0.519. The van der Waals surface area contributed by atoms with E-state index in [9.17, 15) is 0 Å². The lowest BCUT2D eigenvalue weighted by molar-refractivity contribution is 0.194. The van der Waals surface area contributed by atoms with Gasteiger partial charge in [-0.15, -0.1) is 0 Å². The first kappa shape index (κ1) is 8.74. The van der Waals surface area contributed by atoms with Crippen molar-refractivity contribution >= 4 is 23.0 Å². The Kier molecular flexibility index (Phi) is 3.95. The largest absolute Gasteiger partial charge is 0.317 e. The molecule has 1 rings (SSSR count). The molecule has 0 aliphatic heterocycles. The van der Waals surface area contributed by atoms with Gasteiger partial charge in [-0.05, 0) is 32.7 Å². The van der Waals surface area contributed by atoms with Crippen LogP contribution in [0, 0.1) is 0 Å². The average molecular weight is 255 g/mol. The highest BCUT2D eigenvalue weighted by Gasteiger charge is 2.19. The van der Waals surface area contributed by atoms with Crippen LogP contribution in [0.25, 0.3) is 0 Å². The highest BCUT2D eigenvalue weighted by atomic mass is 127. The van der Waals surface area contributed by atoms with Gasteiger partial charge >= 0.3 is 0 Å². The molecule has 0 heterocycles. The first-order valence-electron chi connectivity index (χ1n) is 3.81. The van der Waals surface area contributed by atoms with Crippen LogP contribution >= 0.6 is 23.0 Å². The van der Waals surface area contributed by atoms with Gasteiger partial charge in [-0.2, -0.15) is 0 Å². The van der Waals surface area contributed by atoms with Crippen LogP contribution in [0.2, 0.25) is 0 Å². The van der Waals surface area contributed by atoms with Gasteiger partial charge < -0.3 is 8.38 Å². The van der Waals surface area contributed by atoms with Crippen LogP contribution in [0.1, 0.15) is 25.7 Å². The fourth-order valence-electron chi connectivity index (χ4n) is 1.44. The third-order valence-corrected chi connectivity index (χ3v) is 2.93. The molecule has 1 saturated carbocycles. The Bertz CT molecular complexity index is 79.6. The molecule has 2 nitrogen and oxygen atoms in total. The number of hydrogen-bond acceptors (Lipinski definition) is 2. The van der Waals surface area contributed by atoms with Gasteiger partial charge in [0.15, 0.2) is 0 Å². The fourth-order valence-corrected chi connectivity index (χ4v) is 1.95. The Morgan fingerprint density at radius 2 is 1.90 bits per heavy atom. The van der Waals surface area contributed by atoms with Crippen LogP contribution in [0.3, 0.4) is 0 Å². The van der Waals surface area contributed by atoms with Crippen LogP contribution in [0.15, 0.2) is 0 Å². The monoisotopic (exact) mass is 255 g/mol. The quantitative estimate of drug-likeness (QED) is 0.761. The Labute approximate surface area is 76.4 Å². The molecule has 0 aromatic heterocycles. The van der Waals surface area contributed by atoms with Gasteiger partial charge in [0.2, 0.25) is 0 Å². The Morgan fingerprint density at radius 3 is 2.30 bits per heavy atom. The SMILES string of the molecule is CNC1CCC(OI)CC1. The van der Waals surface area contributed by atoms with Crippen molar-refractivity contribution < 1.29 is 3.07 Å². The Morgan fingerprint density at radius 1 is 1.30 bits per heavy atom. The van der Waals surface area contributed by atoms with E-state index in [0.29, 0.717) is 6.10 Å². The van der Waals surface area contributed by atoms with Gasteiger partial charge in [0.1, 0.15) is 23.0 Å². The molecule has 0 aromatic carbocycles. The summed E-state index contributed by atoms with van der Waals surface area (Å²) in [5.41, 5.74) is 0. The first-order chi connectivity index (χ1) is 4.86. The van der Waals surface area contributed by atoms with E-state index in [2.05, 4.69) is 5.32 Å². The standard InChI is InChI=1S/C7H14INO/c1-9-6-2-4-7(10-8)5-3-6/h6-7,9H,2-5H2,1H3. The third-order valence-electron chi connectivity index (χ3n) is 2.21. The maximum Gasteiger partial charge on any atom is 0.110 e. The summed E-state index contributed by atoms with van der Waals surface area (Å²) in [7, 11) is 2.04. The van der Waals surface area contributed by atoms with Crippen LogP contribution in [-0.4, -0.2) is 19.2 Å². The molecule has 1 fully saturated rings. The molecule has 3 heteroatoms. The van der Waals surface area contributed by atoms with E-state index in [1.807, 2.05) is 30.1 Å². The van der Waals surface area contributed by atoms with Crippen molar-refractivity contribution in [2.45, 2.75) is 37.8 Å². The minimum Gasteiger partial charge on any atom is -0.317 e. The molecular weight excluding hydrogens is 241 g/mol. The second-order valence-electron chi connectivity index (χ2n) is 2.85. The summed E-state index contributed by atoms with van der Waals surface area (Å²) < 4.78 is 5.23. The van der Waals surface area contributed by atoms with Crippen molar-refractivity contribution in [3.8, 4) is 0 Å². The van der Waals surface area contributed by atoms with Crippen molar-refractivity contribution in [2.24, 2.45) is 0 Å². The molecular formula is C7H14INO. The van der Waals surface area contributed by atoms with Gasteiger partial charge in [-0.1, -0.05) is 0 Å².